The van der Waals surface area contributed by atoms with Gasteiger partial charge in [0.25, 0.3) is 0 Å². The minimum absolute atomic E-state index is 0.151. The molecule has 0 heterocycles. The molecular weight excluding hydrogens is 239 g/mol. The summed E-state index contributed by atoms with van der Waals surface area (Å²) in [5.74, 6) is 2.26. The zero-order chi connectivity index (χ0) is 10.2. The number of allylic oxidation sites excluding steroid dienone is 1. The van der Waals surface area contributed by atoms with Crippen LogP contribution in [0.25, 0.3) is 0 Å². The molecule has 2 heteroatoms. The topological polar surface area (TPSA) is 20.2 Å². The Morgan fingerprint density at radius 2 is 2.00 bits per heavy atom. The molecular formula is C12H16OSe. The van der Waals surface area contributed by atoms with E-state index in [4.69, 9.17) is 5.11 Å². The standard InChI is InChI=1S/C12H16OSe/c1-14-12(9-5-6-10-13)11-7-3-2-4-8-11/h2-8,12-13H,9-10H2,1H3/b6-5+. The predicted octanol–water partition coefficient (Wildman–Crippen LogP) is 2.42. The van der Waals surface area contributed by atoms with E-state index in [0.29, 0.717) is 19.8 Å². The molecule has 0 aromatic heterocycles. The number of benzene rings is 1. The van der Waals surface area contributed by atoms with Crippen LogP contribution in [-0.2, 0) is 0 Å². The van der Waals surface area contributed by atoms with E-state index in [2.05, 4.69) is 36.2 Å². The molecule has 0 saturated carbocycles. The van der Waals surface area contributed by atoms with Gasteiger partial charge < -0.3 is 0 Å². The van der Waals surface area contributed by atoms with Crippen molar-refractivity contribution in [2.24, 2.45) is 0 Å². The van der Waals surface area contributed by atoms with Crippen LogP contribution in [0.4, 0.5) is 0 Å². The summed E-state index contributed by atoms with van der Waals surface area (Å²) in [7, 11) is 0. The first-order valence-corrected chi connectivity index (χ1v) is 7.42. The van der Waals surface area contributed by atoms with Crippen LogP contribution in [0.3, 0.4) is 0 Å². The van der Waals surface area contributed by atoms with E-state index in [1.165, 1.54) is 5.56 Å². The zero-order valence-electron chi connectivity index (χ0n) is 8.39. The fourth-order valence-electron chi connectivity index (χ4n) is 1.33. The van der Waals surface area contributed by atoms with E-state index < -0.39 is 0 Å². The van der Waals surface area contributed by atoms with Crippen LogP contribution < -0.4 is 0 Å². The van der Waals surface area contributed by atoms with Crippen molar-refractivity contribution in [2.45, 2.75) is 17.1 Å². The first-order valence-electron chi connectivity index (χ1n) is 4.72. The van der Waals surface area contributed by atoms with E-state index in [9.17, 15) is 0 Å². The molecule has 1 N–H and O–H groups in total. The van der Waals surface area contributed by atoms with E-state index in [1.54, 1.807) is 0 Å². The Kier molecular flexibility index (Phi) is 5.62. The van der Waals surface area contributed by atoms with Gasteiger partial charge in [0.15, 0.2) is 0 Å². The molecule has 0 bridgehead atoms. The Labute approximate surface area is 92.0 Å². The van der Waals surface area contributed by atoms with Gasteiger partial charge in [-0.3, -0.25) is 0 Å². The number of rotatable bonds is 5. The molecule has 0 aliphatic rings. The Morgan fingerprint density at radius 1 is 1.29 bits per heavy atom. The maximum atomic E-state index is 8.64. The van der Waals surface area contributed by atoms with Crippen molar-refractivity contribution in [3.8, 4) is 0 Å². The molecule has 1 aromatic rings. The average Bonchev–Trinajstić information content (AvgIpc) is 2.26. The average molecular weight is 255 g/mol. The third kappa shape index (κ3) is 3.67. The molecule has 0 amide bonds. The van der Waals surface area contributed by atoms with Crippen LogP contribution in [0.2, 0.25) is 5.82 Å². The third-order valence-corrected chi connectivity index (χ3v) is 4.25. The van der Waals surface area contributed by atoms with E-state index in [0.717, 1.165) is 6.42 Å². The van der Waals surface area contributed by atoms with Crippen LogP contribution >= 0.6 is 0 Å². The molecule has 0 spiro atoms. The molecule has 1 nitrogen and oxygen atoms in total. The molecule has 0 aliphatic carbocycles. The quantitative estimate of drug-likeness (QED) is 0.633. The predicted molar refractivity (Wildman–Crippen MR) is 61.6 cm³/mol. The van der Waals surface area contributed by atoms with Gasteiger partial charge in [-0.15, -0.1) is 0 Å². The van der Waals surface area contributed by atoms with Crippen molar-refractivity contribution in [2.75, 3.05) is 6.61 Å². The van der Waals surface area contributed by atoms with Gasteiger partial charge in [-0.25, -0.2) is 0 Å². The normalized spacial score (nSPS) is 13.3. The fraction of sp³-hybridized carbons (Fsp3) is 0.333. The van der Waals surface area contributed by atoms with Crippen molar-refractivity contribution in [1.29, 1.82) is 0 Å². The Morgan fingerprint density at radius 3 is 2.57 bits per heavy atom. The molecule has 0 fully saturated rings. The second-order valence-electron chi connectivity index (χ2n) is 3.02. The minimum atomic E-state index is 0.151. The van der Waals surface area contributed by atoms with Gasteiger partial charge in [-0.1, -0.05) is 0 Å². The summed E-state index contributed by atoms with van der Waals surface area (Å²) in [4.78, 5) is 0.645. The zero-order valence-corrected chi connectivity index (χ0v) is 10.1. The van der Waals surface area contributed by atoms with Crippen molar-refractivity contribution >= 4 is 15.0 Å². The van der Waals surface area contributed by atoms with Gasteiger partial charge in [0.1, 0.15) is 0 Å². The second-order valence-corrected chi connectivity index (χ2v) is 5.21. The molecule has 1 aromatic carbocycles. The molecule has 0 aliphatic heterocycles. The molecule has 1 rings (SSSR count). The summed E-state index contributed by atoms with van der Waals surface area (Å²) in [5, 5.41) is 8.64. The van der Waals surface area contributed by atoms with Gasteiger partial charge in [-0.05, 0) is 0 Å². The third-order valence-electron chi connectivity index (χ3n) is 2.08. The summed E-state index contributed by atoms with van der Waals surface area (Å²) in [6.07, 6.45) is 4.94. The van der Waals surface area contributed by atoms with E-state index in [-0.39, 0.29) is 6.61 Å². The molecule has 1 atom stereocenters. The SMILES string of the molecule is C[Se]C(C/C=C/CO)c1ccccc1. The van der Waals surface area contributed by atoms with Crippen molar-refractivity contribution in [3.63, 3.8) is 0 Å². The first kappa shape index (κ1) is 11.5. The number of hydrogen-bond acceptors (Lipinski definition) is 1. The fourth-order valence-corrected chi connectivity index (χ4v) is 2.87. The van der Waals surface area contributed by atoms with E-state index >= 15 is 0 Å². The first-order chi connectivity index (χ1) is 6.88. The van der Waals surface area contributed by atoms with Crippen molar-refractivity contribution in [3.05, 3.63) is 48.0 Å². The number of aliphatic hydroxyl groups is 1. The summed E-state index contributed by atoms with van der Waals surface area (Å²) >= 11 is 0.612. The number of hydrogen-bond donors (Lipinski definition) is 1. The van der Waals surface area contributed by atoms with Crippen molar-refractivity contribution in [1.82, 2.24) is 0 Å². The van der Waals surface area contributed by atoms with Gasteiger partial charge >= 0.3 is 91.8 Å². The number of aliphatic hydroxyl groups excluding tert-OH is 1. The van der Waals surface area contributed by atoms with Gasteiger partial charge in [0.05, 0.1) is 0 Å². The van der Waals surface area contributed by atoms with Gasteiger partial charge in [0.2, 0.25) is 0 Å². The molecule has 1 unspecified atom stereocenters. The van der Waals surface area contributed by atoms with Gasteiger partial charge in [0, 0.05) is 0 Å². The van der Waals surface area contributed by atoms with Crippen LogP contribution in [0.5, 0.6) is 0 Å². The van der Waals surface area contributed by atoms with Crippen LogP contribution in [0.15, 0.2) is 42.5 Å². The summed E-state index contributed by atoms with van der Waals surface area (Å²) in [6.45, 7) is 0.151. The molecule has 14 heavy (non-hydrogen) atoms. The monoisotopic (exact) mass is 256 g/mol. The summed E-state index contributed by atoms with van der Waals surface area (Å²) in [6, 6.07) is 10.6. The summed E-state index contributed by atoms with van der Waals surface area (Å²) in [5.41, 5.74) is 1.41. The summed E-state index contributed by atoms with van der Waals surface area (Å²) < 4.78 is 0. The molecule has 0 radical (unpaired) electrons. The van der Waals surface area contributed by atoms with Crippen LogP contribution in [0.1, 0.15) is 16.8 Å². The maximum absolute atomic E-state index is 8.64. The van der Waals surface area contributed by atoms with Gasteiger partial charge in [-0.2, -0.15) is 0 Å². The molecule has 76 valence electrons. The second kappa shape index (κ2) is 6.83. The van der Waals surface area contributed by atoms with Crippen LogP contribution in [0, 0.1) is 0 Å². The van der Waals surface area contributed by atoms with Crippen molar-refractivity contribution < 1.29 is 5.11 Å². The Bertz CT molecular complexity index is 269. The van der Waals surface area contributed by atoms with E-state index in [1.807, 2.05) is 12.1 Å². The molecule has 0 saturated heterocycles. The Balaban J connectivity index is 2.58. The Hall–Kier alpha value is -0.561. The van der Waals surface area contributed by atoms with Crippen LogP contribution in [-0.4, -0.2) is 26.7 Å².